The zero-order chi connectivity index (χ0) is 9.40. The van der Waals surface area contributed by atoms with Crippen LogP contribution >= 0.6 is 27.7 Å². The van der Waals surface area contributed by atoms with Crippen LogP contribution in [0.15, 0.2) is 0 Å². The molecule has 0 spiro atoms. The van der Waals surface area contributed by atoms with Gasteiger partial charge in [0.2, 0.25) is 5.91 Å². The highest BCUT2D eigenvalue weighted by molar-refractivity contribution is 9.09. The van der Waals surface area contributed by atoms with Gasteiger partial charge in [0.25, 0.3) is 0 Å². The van der Waals surface area contributed by atoms with Crippen molar-refractivity contribution in [1.29, 1.82) is 0 Å². The Kier molecular flexibility index (Phi) is 8.12. The van der Waals surface area contributed by atoms with Gasteiger partial charge in [-0.25, -0.2) is 0 Å². The third-order valence-corrected chi connectivity index (χ3v) is 2.38. The topological polar surface area (TPSA) is 29.1 Å². The largest absolute Gasteiger partial charge is 0.355 e. The molecule has 0 aliphatic rings. The molecule has 0 bridgehead atoms. The van der Waals surface area contributed by atoms with Crippen molar-refractivity contribution >= 4 is 33.6 Å². The Morgan fingerprint density at radius 3 is 2.83 bits per heavy atom. The highest BCUT2D eigenvalue weighted by atomic mass is 79.9. The molecule has 4 heteroatoms. The van der Waals surface area contributed by atoms with E-state index in [0.29, 0.717) is 10.6 Å². The number of alkyl halides is 1. The monoisotopic (exact) mass is 253 g/mol. The lowest BCUT2D eigenvalue weighted by Crippen LogP contribution is -2.26. The second-order valence-electron chi connectivity index (χ2n) is 2.71. The van der Waals surface area contributed by atoms with Crippen molar-refractivity contribution in [2.75, 3.05) is 18.6 Å². The Morgan fingerprint density at radius 2 is 2.33 bits per heavy atom. The number of hydrogen-bond acceptors (Lipinski definition) is 2. The minimum atomic E-state index is 0.143. The number of hydrogen-bond donors (Lipinski definition) is 1. The van der Waals surface area contributed by atoms with Crippen LogP contribution < -0.4 is 5.32 Å². The van der Waals surface area contributed by atoms with E-state index in [2.05, 4.69) is 28.2 Å². The Bertz CT molecular complexity index is 130. The molecule has 0 aromatic rings. The molecule has 0 rings (SSSR count). The quantitative estimate of drug-likeness (QED) is 0.580. The van der Waals surface area contributed by atoms with Gasteiger partial charge in [-0.2, -0.15) is 11.8 Å². The van der Waals surface area contributed by atoms with Gasteiger partial charge in [-0.3, -0.25) is 4.79 Å². The highest BCUT2D eigenvalue weighted by Gasteiger charge is 1.99. The highest BCUT2D eigenvalue weighted by Crippen LogP contribution is 2.04. The van der Waals surface area contributed by atoms with Gasteiger partial charge >= 0.3 is 0 Å². The lowest BCUT2D eigenvalue weighted by Gasteiger charge is -2.04. The first-order valence-electron chi connectivity index (χ1n) is 4.06. The predicted octanol–water partition coefficient (Wildman–Crippen LogP) is 2.03. The Labute approximate surface area is 87.0 Å². The molecule has 0 saturated heterocycles. The lowest BCUT2D eigenvalue weighted by atomic mass is 10.2. The predicted molar refractivity (Wildman–Crippen MR) is 59.0 cm³/mol. The van der Waals surface area contributed by atoms with Crippen LogP contribution in [-0.4, -0.2) is 29.3 Å². The van der Waals surface area contributed by atoms with E-state index in [9.17, 15) is 4.79 Å². The van der Waals surface area contributed by atoms with Gasteiger partial charge in [0.15, 0.2) is 0 Å². The van der Waals surface area contributed by atoms with Crippen molar-refractivity contribution in [2.24, 2.45) is 0 Å². The fraction of sp³-hybridized carbons (Fsp3) is 0.875. The summed E-state index contributed by atoms with van der Waals surface area (Å²) in [6.07, 6.45) is 4.09. The van der Waals surface area contributed by atoms with E-state index in [0.717, 1.165) is 19.4 Å². The summed E-state index contributed by atoms with van der Waals surface area (Å²) in [4.78, 5) is 11.5. The third kappa shape index (κ3) is 8.40. The molecule has 0 heterocycles. The lowest BCUT2D eigenvalue weighted by molar-refractivity contribution is -0.118. The van der Waals surface area contributed by atoms with Gasteiger partial charge in [0.1, 0.15) is 0 Å². The van der Waals surface area contributed by atoms with Crippen molar-refractivity contribution in [3.05, 3.63) is 0 Å². The van der Waals surface area contributed by atoms with Crippen molar-refractivity contribution in [2.45, 2.75) is 24.6 Å². The molecule has 0 fully saturated rings. The van der Waals surface area contributed by atoms with Crippen LogP contribution in [0.1, 0.15) is 19.8 Å². The molecule has 1 amide bonds. The van der Waals surface area contributed by atoms with Crippen molar-refractivity contribution in [3.8, 4) is 0 Å². The molecule has 0 aliphatic carbocycles. The molecule has 0 aliphatic heterocycles. The number of carbonyl (C=O) groups excluding carboxylic acids is 1. The van der Waals surface area contributed by atoms with E-state index in [4.69, 9.17) is 0 Å². The summed E-state index contributed by atoms with van der Waals surface area (Å²) < 4.78 is 0. The average molecular weight is 254 g/mol. The second-order valence-corrected chi connectivity index (χ2v) is 5.14. The SMILES string of the molecule is CSCC(=O)NCCCC(C)Br. The van der Waals surface area contributed by atoms with Gasteiger partial charge in [0.05, 0.1) is 5.75 Å². The van der Waals surface area contributed by atoms with E-state index >= 15 is 0 Å². The number of rotatable bonds is 6. The van der Waals surface area contributed by atoms with Crippen LogP contribution in [0.2, 0.25) is 0 Å². The standard InChI is InChI=1S/C8H16BrNOS/c1-7(9)4-3-5-10-8(11)6-12-2/h7H,3-6H2,1-2H3,(H,10,11). The van der Waals surface area contributed by atoms with Gasteiger partial charge in [0, 0.05) is 11.4 Å². The molecule has 72 valence electrons. The molecule has 2 nitrogen and oxygen atoms in total. The summed E-state index contributed by atoms with van der Waals surface area (Å²) >= 11 is 5.01. The molecular formula is C8H16BrNOS. The van der Waals surface area contributed by atoms with E-state index in [-0.39, 0.29) is 5.91 Å². The summed E-state index contributed by atoms with van der Waals surface area (Å²) in [6.45, 7) is 2.92. The zero-order valence-electron chi connectivity index (χ0n) is 7.60. The van der Waals surface area contributed by atoms with E-state index in [1.54, 1.807) is 11.8 Å². The first-order valence-corrected chi connectivity index (χ1v) is 6.37. The normalized spacial score (nSPS) is 12.6. The zero-order valence-corrected chi connectivity index (χ0v) is 10.0. The average Bonchev–Trinajstić information content (AvgIpc) is 1.98. The number of amides is 1. The fourth-order valence-electron chi connectivity index (χ4n) is 0.793. The molecule has 0 radical (unpaired) electrons. The molecule has 0 aromatic carbocycles. The van der Waals surface area contributed by atoms with Crippen LogP contribution in [0, 0.1) is 0 Å². The minimum absolute atomic E-state index is 0.143. The number of thioether (sulfide) groups is 1. The fourth-order valence-corrected chi connectivity index (χ4v) is 1.48. The molecule has 0 aromatic heterocycles. The van der Waals surface area contributed by atoms with Gasteiger partial charge in [-0.05, 0) is 19.1 Å². The first kappa shape index (κ1) is 12.3. The van der Waals surface area contributed by atoms with Crippen LogP contribution in [0.4, 0.5) is 0 Å². The minimum Gasteiger partial charge on any atom is -0.355 e. The second kappa shape index (κ2) is 7.92. The summed E-state index contributed by atoms with van der Waals surface area (Å²) in [5, 5.41) is 2.86. The van der Waals surface area contributed by atoms with Gasteiger partial charge < -0.3 is 5.32 Å². The van der Waals surface area contributed by atoms with Crippen molar-refractivity contribution in [1.82, 2.24) is 5.32 Å². The maximum absolute atomic E-state index is 10.9. The smallest absolute Gasteiger partial charge is 0.229 e. The molecule has 0 saturated carbocycles. The number of nitrogens with one attached hydrogen (secondary N) is 1. The van der Waals surface area contributed by atoms with Crippen LogP contribution in [0.5, 0.6) is 0 Å². The summed E-state index contributed by atoms with van der Waals surface area (Å²) in [5.41, 5.74) is 0. The molecule has 1 N–H and O–H groups in total. The summed E-state index contributed by atoms with van der Waals surface area (Å²) in [7, 11) is 0. The van der Waals surface area contributed by atoms with Gasteiger partial charge in [-0.15, -0.1) is 0 Å². The van der Waals surface area contributed by atoms with E-state index < -0.39 is 0 Å². The molecule has 12 heavy (non-hydrogen) atoms. The van der Waals surface area contributed by atoms with E-state index in [1.165, 1.54) is 0 Å². The molecule has 1 atom stereocenters. The van der Waals surface area contributed by atoms with Crippen LogP contribution in [0.25, 0.3) is 0 Å². The van der Waals surface area contributed by atoms with Crippen LogP contribution in [-0.2, 0) is 4.79 Å². The Morgan fingerprint density at radius 1 is 1.67 bits per heavy atom. The van der Waals surface area contributed by atoms with Crippen LogP contribution in [0.3, 0.4) is 0 Å². The summed E-state index contributed by atoms with van der Waals surface area (Å²) in [5.74, 6) is 0.717. The van der Waals surface area contributed by atoms with Crippen molar-refractivity contribution in [3.63, 3.8) is 0 Å². The van der Waals surface area contributed by atoms with Gasteiger partial charge in [-0.1, -0.05) is 22.9 Å². The first-order chi connectivity index (χ1) is 5.66. The maximum Gasteiger partial charge on any atom is 0.229 e. The molecular weight excluding hydrogens is 238 g/mol. The van der Waals surface area contributed by atoms with Crippen molar-refractivity contribution < 1.29 is 4.79 Å². The van der Waals surface area contributed by atoms with E-state index in [1.807, 2.05) is 6.26 Å². The maximum atomic E-state index is 10.9. The number of halogens is 1. The molecule has 1 unspecified atom stereocenters. The Balaban J connectivity index is 3.14. The third-order valence-electron chi connectivity index (χ3n) is 1.38. The Hall–Kier alpha value is 0.300. The number of carbonyl (C=O) groups is 1. The summed E-state index contributed by atoms with van der Waals surface area (Å²) in [6, 6.07) is 0.